The van der Waals surface area contributed by atoms with Gasteiger partial charge in [0.05, 0.1) is 18.3 Å². The molecular formula is C34H35FN2O5S. The molecule has 1 heterocycles. The maximum atomic E-state index is 14.1. The van der Waals surface area contributed by atoms with Crippen LogP contribution in [-0.2, 0) is 20.9 Å². The highest BCUT2D eigenvalue weighted by Gasteiger charge is 2.41. The SMILES string of the molecule is CCOC(=O)C1=C(C)NC(=S)N(C(=O)/C(C)=C/c2cccc(OCc3ccc(F)cc3)c2)C1c1ccccc1OC(C)C. The lowest BCUT2D eigenvalue weighted by Gasteiger charge is -2.39. The zero-order valence-corrected chi connectivity index (χ0v) is 25.7. The van der Waals surface area contributed by atoms with Gasteiger partial charge in [0.1, 0.15) is 30.0 Å². The number of esters is 1. The van der Waals surface area contributed by atoms with Crippen molar-refractivity contribution in [3.05, 3.63) is 112 Å². The monoisotopic (exact) mass is 602 g/mol. The maximum Gasteiger partial charge on any atom is 0.338 e. The fourth-order valence-electron chi connectivity index (χ4n) is 4.73. The standard InChI is InChI=1S/C34H35FN2O5S/c1-6-40-33(39)30-23(5)36-34(43)37(31(30)28-12-7-8-13-29(28)42-21(2)3)32(38)22(4)18-25-10-9-11-27(19-25)41-20-24-14-16-26(35)17-15-24/h7-19,21,31H,6,20H2,1-5H3,(H,36,43)/b22-18+. The summed E-state index contributed by atoms with van der Waals surface area (Å²) in [5.41, 5.74) is 3.33. The lowest BCUT2D eigenvalue weighted by atomic mass is 9.92. The van der Waals surface area contributed by atoms with E-state index in [-0.39, 0.29) is 35.8 Å². The van der Waals surface area contributed by atoms with Gasteiger partial charge in [0.15, 0.2) is 5.11 Å². The van der Waals surface area contributed by atoms with Crippen molar-refractivity contribution in [3.63, 3.8) is 0 Å². The molecule has 1 unspecified atom stereocenters. The molecular weight excluding hydrogens is 567 g/mol. The average Bonchev–Trinajstić information content (AvgIpc) is 2.96. The Morgan fingerprint density at radius 3 is 2.49 bits per heavy atom. The number of rotatable bonds is 10. The number of benzene rings is 3. The molecule has 0 saturated carbocycles. The highest BCUT2D eigenvalue weighted by molar-refractivity contribution is 7.80. The number of hydrogen-bond acceptors (Lipinski definition) is 6. The van der Waals surface area contributed by atoms with Crippen LogP contribution in [0.1, 0.15) is 57.4 Å². The quantitative estimate of drug-likeness (QED) is 0.154. The molecule has 3 aromatic rings. The molecule has 1 N–H and O–H groups in total. The van der Waals surface area contributed by atoms with E-state index in [0.717, 1.165) is 11.1 Å². The molecule has 1 aliphatic heterocycles. The van der Waals surface area contributed by atoms with Gasteiger partial charge in [-0.2, -0.15) is 0 Å². The van der Waals surface area contributed by atoms with Gasteiger partial charge in [0, 0.05) is 16.8 Å². The van der Waals surface area contributed by atoms with E-state index in [1.54, 1.807) is 45.0 Å². The molecule has 0 saturated heterocycles. The van der Waals surface area contributed by atoms with Gasteiger partial charge in [0.2, 0.25) is 0 Å². The lowest BCUT2D eigenvalue weighted by molar-refractivity contribution is -0.139. The smallest absolute Gasteiger partial charge is 0.338 e. The van der Waals surface area contributed by atoms with Crippen LogP contribution in [0.4, 0.5) is 4.39 Å². The van der Waals surface area contributed by atoms with Gasteiger partial charge in [-0.25, -0.2) is 9.18 Å². The minimum Gasteiger partial charge on any atom is -0.491 e. The summed E-state index contributed by atoms with van der Waals surface area (Å²) >= 11 is 5.68. The second-order valence-corrected chi connectivity index (χ2v) is 10.7. The number of carbonyl (C=O) groups is 2. The molecule has 0 fully saturated rings. The van der Waals surface area contributed by atoms with Crippen molar-refractivity contribution in [1.29, 1.82) is 0 Å². The topological polar surface area (TPSA) is 77.1 Å². The number of amides is 1. The predicted molar refractivity (Wildman–Crippen MR) is 168 cm³/mol. The van der Waals surface area contributed by atoms with Crippen LogP contribution in [0.5, 0.6) is 11.5 Å². The average molecular weight is 603 g/mol. The largest absolute Gasteiger partial charge is 0.491 e. The van der Waals surface area contributed by atoms with Gasteiger partial charge in [-0.15, -0.1) is 0 Å². The van der Waals surface area contributed by atoms with Crippen molar-refractivity contribution >= 4 is 35.3 Å². The fourth-order valence-corrected chi connectivity index (χ4v) is 5.07. The number of nitrogens with zero attached hydrogens (tertiary/aromatic N) is 1. The van der Waals surface area contributed by atoms with Gasteiger partial charge in [-0.05, 0) is 94.4 Å². The summed E-state index contributed by atoms with van der Waals surface area (Å²) in [6.45, 7) is 9.41. The first-order chi connectivity index (χ1) is 20.6. The van der Waals surface area contributed by atoms with E-state index in [2.05, 4.69) is 5.32 Å². The van der Waals surface area contributed by atoms with E-state index in [9.17, 15) is 14.0 Å². The van der Waals surface area contributed by atoms with Crippen LogP contribution >= 0.6 is 12.2 Å². The zero-order valence-electron chi connectivity index (χ0n) is 24.8. The highest BCUT2D eigenvalue weighted by atomic mass is 32.1. The summed E-state index contributed by atoms with van der Waals surface area (Å²) in [6, 6.07) is 19.8. The first-order valence-corrected chi connectivity index (χ1v) is 14.4. The number of para-hydroxylation sites is 1. The van der Waals surface area contributed by atoms with Gasteiger partial charge in [0.25, 0.3) is 5.91 Å². The van der Waals surface area contributed by atoms with E-state index in [0.29, 0.717) is 28.3 Å². The third kappa shape index (κ3) is 7.67. The summed E-state index contributed by atoms with van der Waals surface area (Å²) in [4.78, 5) is 28.8. The Morgan fingerprint density at radius 2 is 1.79 bits per heavy atom. The Labute approximate surface area is 256 Å². The molecule has 43 heavy (non-hydrogen) atoms. The van der Waals surface area contributed by atoms with E-state index in [4.69, 9.17) is 26.4 Å². The van der Waals surface area contributed by atoms with Crippen molar-refractivity contribution in [3.8, 4) is 11.5 Å². The summed E-state index contributed by atoms with van der Waals surface area (Å²) in [6.07, 6.45) is 1.59. The minimum atomic E-state index is -0.885. The minimum absolute atomic E-state index is 0.144. The molecule has 7 nitrogen and oxygen atoms in total. The number of thiocarbonyl (C=S) groups is 1. The molecule has 3 aromatic carbocycles. The van der Waals surface area contributed by atoms with Gasteiger partial charge in [-0.3, -0.25) is 9.69 Å². The fraction of sp³-hybridized carbons (Fsp3) is 0.265. The van der Waals surface area contributed by atoms with Crippen LogP contribution in [-0.4, -0.2) is 34.6 Å². The number of carbonyl (C=O) groups excluding carboxylic acids is 2. The molecule has 0 radical (unpaired) electrons. The summed E-state index contributed by atoms with van der Waals surface area (Å²) in [7, 11) is 0. The van der Waals surface area contributed by atoms with Crippen molar-refractivity contribution in [2.75, 3.05) is 6.61 Å². The summed E-state index contributed by atoms with van der Waals surface area (Å²) < 4.78 is 30.6. The molecule has 0 aliphatic carbocycles. The first-order valence-electron chi connectivity index (χ1n) is 14.0. The highest BCUT2D eigenvalue weighted by Crippen LogP contribution is 2.40. The zero-order chi connectivity index (χ0) is 31.1. The Morgan fingerprint density at radius 1 is 1.07 bits per heavy atom. The molecule has 0 bridgehead atoms. The number of allylic oxidation sites excluding steroid dienone is 1. The summed E-state index contributed by atoms with van der Waals surface area (Å²) in [5, 5.41) is 3.18. The molecule has 1 aliphatic rings. The Balaban J connectivity index is 1.69. The third-order valence-corrected chi connectivity index (χ3v) is 6.94. The van der Waals surface area contributed by atoms with E-state index < -0.39 is 17.9 Å². The van der Waals surface area contributed by atoms with Gasteiger partial charge >= 0.3 is 5.97 Å². The van der Waals surface area contributed by atoms with Crippen LogP contribution in [0.2, 0.25) is 0 Å². The van der Waals surface area contributed by atoms with Crippen LogP contribution < -0.4 is 14.8 Å². The van der Waals surface area contributed by atoms with Crippen LogP contribution in [0.15, 0.2) is 89.6 Å². The normalized spacial score (nSPS) is 15.3. The first kappa shape index (κ1) is 31.4. The predicted octanol–water partition coefficient (Wildman–Crippen LogP) is 6.89. The Kier molecular flexibility index (Phi) is 10.3. The Bertz CT molecular complexity index is 1560. The van der Waals surface area contributed by atoms with Crippen LogP contribution in [0.25, 0.3) is 6.08 Å². The van der Waals surface area contributed by atoms with Crippen LogP contribution in [0.3, 0.4) is 0 Å². The molecule has 1 atom stereocenters. The lowest BCUT2D eigenvalue weighted by Crippen LogP contribution is -2.51. The van der Waals surface area contributed by atoms with Crippen molar-refractivity contribution < 1.29 is 28.2 Å². The van der Waals surface area contributed by atoms with Crippen molar-refractivity contribution in [2.24, 2.45) is 0 Å². The number of ether oxygens (including phenoxy) is 3. The van der Waals surface area contributed by atoms with Gasteiger partial charge in [-0.1, -0.05) is 42.5 Å². The molecule has 9 heteroatoms. The second kappa shape index (κ2) is 14.1. The molecule has 0 aromatic heterocycles. The molecule has 0 spiro atoms. The third-order valence-electron chi connectivity index (χ3n) is 6.64. The Hall–Kier alpha value is -4.50. The van der Waals surface area contributed by atoms with Gasteiger partial charge < -0.3 is 19.5 Å². The van der Waals surface area contributed by atoms with Crippen LogP contribution in [0, 0.1) is 5.82 Å². The van der Waals surface area contributed by atoms with E-state index >= 15 is 0 Å². The summed E-state index contributed by atoms with van der Waals surface area (Å²) in [5.74, 6) is -0.127. The number of halogens is 1. The number of nitrogens with one attached hydrogen (secondary N) is 1. The molecule has 224 valence electrons. The maximum absolute atomic E-state index is 14.1. The van der Waals surface area contributed by atoms with Crippen molar-refractivity contribution in [2.45, 2.75) is 53.4 Å². The van der Waals surface area contributed by atoms with E-state index in [1.165, 1.54) is 17.0 Å². The molecule has 1 amide bonds. The molecule has 4 rings (SSSR count). The second-order valence-electron chi connectivity index (χ2n) is 10.3. The van der Waals surface area contributed by atoms with Crippen molar-refractivity contribution in [1.82, 2.24) is 10.2 Å². The van der Waals surface area contributed by atoms with E-state index in [1.807, 2.05) is 56.3 Å². The number of hydrogen-bond donors (Lipinski definition) is 1.